The topological polar surface area (TPSA) is 78.4 Å². The SMILES string of the molecule is Cc1ccc(Nc2cc(N3CCN(S(=O)(=O)c4ccc(F)cc4F)CC3)nc(C)n2)cc1. The zero-order chi connectivity index (χ0) is 22.9. The van der Waals surface area contributed by atoms with E-state index in [0.29, 0.717) is 36.6 Å². The highest BCUT2D eigenvalue weighted by Gasteiger charge is 2.31. The monoisotopic (exact) mass is 459 g/mol. The Kier molecular flexibility index (Phi) is 6.07. The minimum Gasteiger partial charge on any atom is -0.354 e. The second-order valence-electron chi connectivity index (χ2n) is 7.62. The van der Waals surface area contributed by atoms with Crippen LogP contribution in [0.4, 0.5) is 26.1 Å². The molecular weight excluding hydrogens is 436 g/mol. The summed E-state index contributed by atoms with van der Waals surface area (Å²) in [6.45, 7) is 4.87. The number of sulfonamides is 1. The molecule has 1 aliphatic rings. The molecule has 10 heteroatoms. The fourth-order valence-corrected chi connectivity index (χ4v) is 5.01. The summed E-state index contributed by atoms with van der Waals surface area (Å²) in [5.41, 5.74) is 2.06. The molecular formula is C22H23F2N5O2S. The van der Waals surface area contributed by atoms with Crippen LogP contribution in [0.3, 0.4) is 0 Å². The Bertz CT molecular complexity index is 1230. The number of benzene rings is 2. The van der Waals surface area contributed by atoms with Crippen molar-refractivity contribution in [2.45, 2.75) is 18.7 Å². The molecule has 1 aliphatic heterocycles. The number of nitrogens with one attached hydrogen (secondary N) is 1. The van der Waals surface area contributed by atoms with Crippen LogP contribution in [0.25, 0.3) is 0 Å². The van der Waals surface area contributed by atoms with E-state index in [-0.39, 0.29) is 13.1 Å². The van der Waals surface area contributed by atoms with Crippen LogP contribution in [0.1, 0.15) is 11.4 Å². The van der Waals surface area contributed by atoms with Gasteiger partial charge in [0.2, 0.25) is 10.0 Å². The van der Waals surface area contributed by atoms with E-state index in [9.17, 15) is 17.2 Å². The summed E-state index contributed by atoms with van der Waals surface area (Å²) in [4.78, 5) is 10.4. The third kappa shape index (κ3) is 4.71. The summed E-state index contributed by atoms with van der Waals surface area (Å²) < 4.78 is 54.0. The highest BCUT2D eigenvalue weighted by atomic mass is 32.2. The fourth-order valence-electron chi connectivity index (χ4n) is 3.54. The van der Waals surface area contributed by atoms with E-state index in [0.717, 1.165) is 23.4 Å². The van der Waals surface area contributed by atoms with Gasteiger partial charge in [0.15, 0.2) is 0 Å². The van der Waals surface area contributed by atoms with Gasteiger partial charge in [-0.1, -0.05) is 17.7 Å². The summed E-state index contributed by atoms with van der Waals surface area (Å²) in [6.07, 6.45) is 0. The molecule has 2 heterocycles. The van der Waals surface area contributed by atoms with Gasteiger partial charge in [0.05, 0.1) is 0 Å². The molecule has 1 fully saturated rings. The van der Waals surface area contributed by atoms with Gasteiger partial charge in [-0.25, -0.2) is 27.2 Å². The molecule has 168 valence electrons. The maximum absolute atomic E-state index is 14.1. The minimum atomic E-state index is -4.06. The van der Waals surface area contributed by atoms with E-state index in [1.165, 1.54) is 4.31 Å². The molecule has 0 spiro atoms. The number of halogens is 2. The van der Waals surface area contributed by atoms with Crippen molar-refractivity contribution < 1.29 is 17.2 Å². The molecule has 4 rings (SSSR count). The lowest BCUT2D eigenvalue weighted by Crippen LogP contribution is -2.49. The quantitative estimate of drug-likeness (QED) is 0.628. The highest BCUT2D eigenvalue weighted by Crippen LogP contribution is 2.25. The Labute approximate surface area is 185 Å². The van der Waals surface area contributed by atoms with Gasteiger partial charge < -0.3 is 10.2 Å². The first-order chi connectivity index (χ1) is 15.2. The first-order valence-electron chi connectivity index (χ1n) is 10.1. The Balaban J connectivity index is 1.48. The molecule has 0 amide bonds. The van der Waals surface area contributed by atoms with Gasteiger partial charge in [0, 0.05) is 44.0 Å². The van der Waals surface area contributed by atoms with Gasteiger partial charge in [0.25, 0.3) is 0 Å². The van der Waals surface area contributed by atoms with Crippen LogP contribution in [0, 0.1) is 25.5 Å². The molecule has 32 heavy (non-hydrogen) atoms. The van der Waals surface area contributed by atoms with Crippen LogP contribution in [0.2, 0.25) is 0 Å². The van der Waals surface area contributed by atoms with Crippen molar-refractivity contribution in [2.24, 2.45) is 0 Å². The zero-order valence-corrected chi connectivity index (χ0v) is 18.5. The maximum Gasteiger partial charge on any atom is 0.246 e. The standard InChI is InChI=1S/C22H23F2N5O2S/c1-15-3-6-18(7-4-15)27-21-14-22(26-16(2)25-21)28-9-11-29(12-10-28)32(30,31)20-8-5-17(23)13-19(20)24/h3-8,13-14H,9-12H2,1-2H3,(H,25,26,27). The van der Waals surface area contributed by atoms with E-state index in [2.05, 4.69) is 15.3 Å². The first kappa shape index (κ1) is 22.1. The number of piperazine rings is 1. The molecule has 0 saturated carbocycles. The third-order valence-electron chi connectivity index (χ3n) is 5.22. The average Bonchev–Trinajstić information content (AvgIpc) is 2.75. The second kappa shape index (κ2) is 8.79. The number of hydrogen-bond acceptors (Lipinski definition) is 6. The van der Waals surface area contributed by atoms with E-state index >= 15 is 0 Å². The minimum absolute atomic E-state index is 0.156. The molecule has 0 radical (unpaired) electrons. The maximum atomic E-state index is 14.1. The van der Waals surface area contributed by atoms with Crippen LogP contribution < -0.4 is 10.2 Å². The highest BCUT2D eigenvalue weighted by molar-refractivity contribution is 7.89. The first-order valence-corrected chi connectivity index (χ1v) is 11.6. The van der Waals surface area contributed by atoms with Crippen molar-refractivity contribution in [2.75, 3.05) is 36.4 Å². The molecule has 0 unspecified atom stereocenters. The Morgan fingerprint density at radius 3 is 2.25 bits per heavy atom. The van der Waals surface area contributed by atoms with Crippen LogP contribution in [-0.2, 0) is 10.0 Å². The zero-order valence-electron chi connectivity index (χ0n) is 17.7. The van der Waals surface area contributed by atoms with Crippen molar-refractivity contribution in [3.8, 4) is 0 Å². The van der Waals surface area contributed by atoms with Gasteiger partial charge >= 0.3 is 0 Å². The molecule has 1 N–H and O–H groups in total. The molecule has 0 bridgehead atoms. The Hall–Kier alpha value is -3.11. The van der Waals surface area contributed by atoms with E-state index < -0.39 is 26.6 Å². The number of hydrogen-bond donors (Lipinski definition) is 1. The molecule has 3 aromatic rings. The number of rotatable bonds is 5. The summed E-state index contributed by atoms with van der Waals surface area (Å²) in [7, 11) is -4.06. The lowest BCUT2D eigenvalue weighted by Gasteiger charge is -2.34. The Morgan fingerprint density at radius 2 is 1.59 bits per heavy atom. The summed E-state index contributed by atoms with van der Waals surface area (Å²) in [5.74, 6) is -0.0106. The smallest absolute Gasteiger partial charge is 0.246 e. The van der Waals surface area contributed by atoms with Gasteiger partial charge in [0.1, 0.15) is 34.0 Å². The number of aryl methyl sites for hydroxylation is 2. The summed E-state index contributed by atoms with van der Waals surface area (Å²) >= 11 is 0. The van der Waals surface area contributed by atoms with Crippen molar-refractivity contribution in [1.82, 2.24) is 14.3 Å². The molecule has 0 aliphatic carbocycles. The van der Waals surface area contributed by atoms with Crippen LogP contribution in [0.5, 0.6) is 0 Å². The van der Waals surface area contributed by atoms with Crippen LogP contribution in [0.15, 0.2) is 53.4 Å². The van der Waals surface area contributed by atoms with Crippen molar-refractivity contribution in [1.29, 1.82) is 0 Å². The van der Waals surface area contributed by atoms with Crippen LogP contribution in [-0.4, -0.2) is 48.9 Å². The second-order valence-corrected chi connectivity index (χ2v) is 9.52. The van der Waals surface area contributed by atoms with E-state index in [1.54, 1.807) is 6.92 Å². The molecule has 1 saturated heterocycles. The van der Waals surface area contributed by atoms with E-state index in [1.807, 2.05) is 42.2 Å². The van der Waals surface area contributed by atoms with Crippen molar-refractivity contribution in [3.63, 3.8) is 0 Å². The molecule has 7 nitrogen and oxygen atoms in total. The number of anilines is 3. The Morgan fingerprint density at radius 1 is 0.906 bits per heavy atom. The normalized spacial score (nSPS) is 15.1. The van der Waals surface area contributed by atoms with Gasteiger partial charge in [-0.3, -0.25) is 0 Å². The van der Waals surface area contributed by atoms with Gasteiger partial charge in [-0.15, -0.1) is 0 Å². The average molecular weight is 460 g/mol. The van der Waals surface area contributed by atoms with Gasteiger partial charge in [-0.2, -0.15) is 4.31 Å². The summed E-state index contributed by atoms with van der Waals surface area (Å²) in [6, 6.07) is 12.2. The summed E-state index contributed by atoms with van der Waals surface area (Å²) in [5, 5.41) is 3.26. The van der Waals surface area contributed by atoms with Crippen molar-refractivity contribution >= 4 is 27.3 Å². The molecule has 0 atom stereocenters. The van der Waals surface area contributed by atoms with Gasteiger partial charge in [-0.05, 0) is 38.1 Å². The lowest BCUT2D eigenvalue weighted by atomic mass is 10.2. The predicted octanol–water partition coefficient (Wildman–Crippen LogP) is 3.63. The lowest BCUT2D eigenvalue weighted by molar-refractivity contribution is 0.381. The number of nitrogens with zero attached hydrogens (tertiary/aromatic N) is 4. The molecule has 1 aromatic heterocycles. The largest absolute Gasteiger partial charge is 0.354 e. The van der Waals surface area contributed by atoms with Crippen molar-refractivity contribution in [3.05, 3.63) is 71.6 Å². The predicted molar refractivity (Wildman–Crippen MR) is 119 cm³/mol. The third-order valence-corrected chi connectivity index (χ3v) is 7.15. The number of aromatic nitrogens is 2. The van der Waals surface area contributed by atoms with Crippen LogP contribution >= 0.6 is 0 Å². The van der Waals surface area contributed by atoms with E-state index in [4.69, 9.17) is 0 Å². The fraction of sp³-hybridized carbons (Fsp3) is 0.273. The molecule has 2 aromatic carbocycles.